The smallest absolute Gasteiger partial charge is 0.337 e. The van der Waals surface area contributed by atoms with E-state index in [0.29, 0.717) is 40.4 Å². The molecular weight excluding hydrogens is 510 g/mol. The molecule has 1 aliphatic heterocycles. The fraction of sp³-hybridized carbons (Fsp3) is 0.281. The molecule has 0 radical (unpaired) electrons. The van der Waals surface area contributed by atoms with Crippen LogP contribution in [-0.4, -0.2) is 48.5 Å². The molecule has 1 unspecified atom stereocenters. The zero-order valence-electron chi connectivity index (χ0n) is 23.3. The van der Waals surface area contributed by atoms with Crippen molar-refractivity contribution in [3.63, 3.8) is 0 Å². The summed E-state index contributed by atoms with van der Waals surface area (Å²) in [6, 6.07) is 18.1. The predicted molar refractivity (Wildman–Crippen MR) is 150 cm³/mol. The number of hydrogen-bond donors (Lipinski definition) is 1. The number of rotatable bonds is 9. The van der Waals surface area contributed by atoms with Crippen molar-refractivity contribution in [2.45, 2.75) is 39.3 Å². The lowest BCUT2D eigenvalue weighted by atomic mass is 9.93. The number of hydrogen-bond acceptors (Lipinski definition) is 7. The van der Waals surface area contributed by atoms with Gasteiger partial charge in [0.25, 0.3) is 11.7 Å². The van der Waals surface area contributed by atoms with Gasteiger partial charge in [-0.1, -0.05) is 38.1 Å². The maximum absolute atomic E-state index is 13.5. The Bertz CT molecular complexity index is 1440. The minimum absolute atomic E-state index is 0.000198. The van der Waals surface area contributed by atoms with E-state index in [0.717, 1.165) is 5.56 Å². The number of likely N-dealkylation sites (tertiary alicyclic amines) is 1. The molecule has 3 aromatic carbocycles. The first-order valence-electron chi connectivity index (χ1n) is 13.1. The second-order valence-corrected chi connectivity index (χ2v) is 9.73. The third-order valence-corrected chi connectivity index (χ3v) is 6.90. The molecule has 8 nitrogen and oxygen atoms in total. The number of amides is 1. The average Bonchev–Trinajstić information content (AvgIpc) is 3.22. The summed E-state index contributed by atoms with van der Waals surface area (Å²) in [4.78, 5) is 40.2. The van der Waals surface area contributed by atoms with Crippen molar-refractivity contribution in [3.8, 4) is 11.5 Å². The molecule has 0 saturated carbocycles. The minimum atomic E-state index is -0.847. The highest BCUT2D eigenvalue weighted by Gasteiger charge is 2.46. The van der Waals surface area contributed by atoms with Crippen molar-refractivity contribution in [1.82, 2.24) is 4.90 Å². The minimum Gasteiger partial charge on any atom is -0.507 e. The number of methoxy groups -OCH3 is 2. The molecule has 1 atom stereocenters. The number of aliphatic hydroxyl groups is 1. The molecule has 4 rings (SSSR count). The standard InChI is InChI=1S/C32H33NO7/c1-6-40-26-16-13-23(17-25(26)19(2)3)29(34)27-28(21-11-14-24(38-4)15-12-21)33(31(36)30(27)35)18-20-7-9-22(10-8-20)32(37)39-5/h7-17,19,28,34H,6,18H2,1-5H3/b29-27-. The number of carbonyl (C=O) groups is 3. The van der Waals surface area contributed by atoms with E-state index in [1.54, 1.807) is 73.8 Å². The van der Waals surface area contributed by atoms with Gasteiger partial charge in [-0.15, -0.1) is 0 Å². The number of carbonyl (C=O) groups excluding carboxylic acids is 3. The third-order valence-electron chi connectivity index (χ3n) is 6.90. The summed E-state index contributed by atoms with van der Waals surface area (Å²) < 4.78 is 15.8. The molecule has 1 amide bonds. The normalized spacial score (nSPS) is 16.4. The van der Waals surface area contributed by atoms with Crippen molar-refractivity contribution >= 4 is 23.4 Å². The van der Waals surface area contributed by atoms with Gasteiger partial charge in [-0.2, -0.15) is 0 Å². The van der Waals surface area contributed by atoms with Gasteiger partial charge in [0.15, 0.2) is 0 Å². The first-order valence-corrected chi connectivity index (χ1v) is 13.1. The molecule has 1 N–H and O–H groups in total. The van der Waals surface area contributed by atoms with Gasteiger partial charge in [0, 0.05) is 12.1 Å². The Kier molecular flexibility index (Phi) is 8.58. The van der Waals surface area contributed by atoms with Gasteiger partial charge >= 0.3 is 5.97 Å². The first-order chi connectivity index (χ1) is 19.2. The van der Waals surface area contributed by atoms with E-state index in [-0.39, 0.29) is 23.8 Å². The summed E-state index contributed by atoms with van der Waals surface area (Å²) in [6.45, 7) is 6.51. The number of Topliss-reactive ketones (excluding diaryl/α,β-unsaturated/α-hetero) is 1. The fourth-order valence-electron chi connectivity index (χ4n) is 4.83. The second kappa shape index (κ2) is 12.1. The van der Waals surface area contributed by atoms with Gasteiger partial charge < -0.3 is 24.2 Å². The van der Waals surface area contributed by atoms with Gasteiger partial charge in [0.1, 0.15) is 17.3 Å². The van der Waals surface area contributed by atoms with Crippen LogP contribution in [0.2, 0.25) is 0 Å². The van der Waals surface area contributed by atoms with Gasteiger partial charge in [0.2, 0.25) is 0 Å². The number of esters is 1. The predicted octanol–water partition coefficient (Wildman–Crippen LogP) is 5.63. The second-order valence-electron chi connectivity index (χ2n) is 9.73. The lowest BCUT2D eigenvalue weighted by Gasteiger charge is -2.26. The molecule has 208 valence electrons. The number of aliphatic hydroxyl groups excluding tert-OH is 1. The van der Waals surface area contributed by atoms with Crippen LogP contribution in [0, 0.1) is 0 Å². The zero-order valence-corrected chi connectivity index (χ0v) is 23.3. The van der Waals surface area contributed by atoms with Crippen molar-refractivity contribution in [3.05, 3.63) is 100 Å². The van der Waals surface area contributed by atoms with Crippen LogP contribution in [0.25, 0.3) is 5.76 Å². The Morgan fingerprint density at radius 1 is 0.950 bits per heavy atom. The van der Waals surface area contributed by atoms with Crippen LogP contribution in [0.1, 0.15) is 65.3 Å². The quantitative estimate of drug-likeness (QED) is 0.162. The Hall–Kier alpha value is -4.59. The molecule has 1 aliphatic rings. The van der Waals surface area contributed by atoms with Crippen LogP contribution < -0.4 is 9.47 Å². The Balaban J connectivity index is 1.82. The summed E-state index contributed by atoms with van der Waals surface area (Å²) in [5, 5.41) is 11.5. The Labute approximate surface area is 233 Å². The topological polar surface area (TPSA) is 102 Å². The fourth-order valence-corrected chi connectivity index (χ4v) is 4.83. The summed E-state index contributed by atoms with van der Waals surface area (Å²) in [5.74, 6) is -0.807. The van der Waals surface area contributed by atoms with E-state index in [2.05, 4.69) is 0 Å². The van der Waals surface area contributed by atoms with Gasteiger partial charge in [-0.05, 0) is 72.0 Å². The maximum Gasteiger partial charge on any atom is 0.337 e. The average molecular weight is 544 g/mol. The van der Waals surface area contributed by atoms with Crippen molar-refractivity contribution in [2.75, 3.05) is 20.8 Å². The van der Waals surface area contributed by atoms with Crippen molar-refractivity contribution in [2.24, 2.45) is 0 Å². The number of ether oxygens (including phenoxy) is 3. The molecule has 1 heterocycles. The summed E-state index contributed by atoms with van der Waals surface area (Å²) in [7, 11) is 2.86. The van der Waals surface area contributed by atoms with Crippen LogP contribution in [0.4, 0.5) is 0 Å². The molecule has 0 aliphatic carbocycles. The molecule has 1 saturated heterocycles. The van der Waals surface area contributed by atoms with Crippen LogP contribution in [-0.2, 0) is 20.9 Å². The van der Waals surface area contributed by atoms with E-state index in [4.69, 9.17) is 14.2 Å². The Morgan fingerprint density at radius 2 is 1.60 bits per heavy atom. The SMILES string of the molecule is CCOc1ccc(/C(O)=C2/C(=O)C(=O)N(Cc3ccc(C(=O)OC)cc3)C2c2ccc(OC)cc2)cc1C(C)C. The molecule has 0 aromatic heterocycles. The zero-order chi connectivity index (χ0) is 29.0. The summed E-state index contributed by atoms with van der Waals surface area (Å²) in [6.07, 6.45) is 0. The molecule has 0 spiro atoms. The van der Waals surface area contributed by atoms with Crippen LogP contribution in [0.3, 0.4) is 0 Å². The van der Waals surface area contributed by atoms with E-state index in [9.17, 15) is 19.5 Å². The summed E-state index contributed by atoms with van der Waals surface area (Å²) >= 11 is 0. The highest BCUT2D eigenvalue weighted by atomic mass is 16.5. The van der Waals surface area contributed by atoms with Crippen LogP contribution >= 0.6 is 0 Å². The Morgan fingerprint density at radius 3 is 2.17 bits per heavy atom. The highest BCUT2D eigenvalue weighted by Crippen LogP contribution is 2.41. The molecule has 3 aromatic rings. The van der Waals surface area contributed by atoms with E-state index in [1.165, 1.54) is 12.0 Å². The molecule has 1 fully saturated rings. The number of nitrogens with zero attached hydrogens (tertiary/aromatic N) is 1. The monoisotopic (exact) mass is 543 g/mol. The van der Waals surface area contributed by atoms with E-state index < -0.39 is 23.7 Å². The number of benzene rings is 3. The number of ketones is 1. The van der Waals surface area contributed by atoms with E-state index >= 15 is 0 Å². The molecule has 0 bridgehead atoms. The largest absolute Gasteiger partial charge is 0.507 e. The summed E-state index contributed by atoms with van der Waals surface area (Å²) in [5.41, 5.74) is 3.02. The van der Waals surface area contributed by atoms with Crippen molar-refractivity contribution in [1.29, 1.82) is 0 Å². The lowest BCUT2D eigenvalue weighted by Crippen LogP contribution is -2.29. The van der Waals surface area contributed by atoms with Crippen molar-refractivity contribution < 1.29 is 33.7 Å². The molecule has 40 heavy (non-hydrogen) atoms. The maximum atomic E-state index is 13.5. The molecular formula is C32H33NO7. The van der Waals surface area contributed by atoms with Crippen LogP contribution in [0.5, 0.6) is 11.5 Å². The lowest BCUT2D eigenvalue weighted by molar-refractivity contribution is -0.140. The van der Waals surface area contributed by atoms with Gasteiger partial charge in [-0.3, -0.25) is 9.59 Å². The van der Waals surface area contributed by atoms with Crippen LogP contribution in [0.15, 0.2) is 72.3 Å². The van der Waals surface area contributed by atoms with E-state index in [1.807, 2.05) is 20.8 Å². The third kappa shape index (κ3) is 5.57. The highest BCUT2D eigenvalue weighted by molar-refractivity contribution is 6.46. The van der Waals surface area contributed by atoms with Gasteiger partial charge in [0.05, 0.1) is 38.0 Å². The van der Waals surface area contributed by atoms with Gasteiger partial charge in [-0.25, -0.2) is 4.79 Å². The first kappa shape index (κ1) is 28.4. The molecule has 8 heteroatoms.